The second kappa shape index (κ2) is 14.6. The van der Waals surface area contributed by atoms with Crippen LogP contribution in [0.1, 0.15) is 82.8 Å². The fourth-order valence-corrected chi connectivity index (χ4v) is 5.17. The number of nitrogen functional groups attached to an aromatic ring is 2. The van der Waals surface area contributed by atoms with E-state index in [0.29, 0.717) is 17.1 Å². The molecule has 1 saturated carbocycles. The predicted octanol–water partition coefficient (Wildman–Crippen LogP) is 7.23. The number of esters is 2. The molecule has 210 valence electrons. The molecule has 0 radical (unpaired) electrons. The standard InChI is InChI=1S/C33H44N2O4/c1-4-5-6-7-8-9-24-10-15-26(16-11-24)32(37)39-28-18-12-25(13-19-28)14-21-31(36)38-23-33(2,3)29-20-17-27(34)22-30(29)35/h4,12-14,17-22,24,26H,1,5-11,15-16,23,34-35H2,2-3H3. The summed E-state index contributed by atoms with van der Waals surface area (Å²) in [6.07, 6.45) is 15.2. The molecule has 0 atom stereocenters. The molecule has 0 saturated heterocycles. The predicted molar refractivity (Wildman–Crippen MR) is 159 cm³/mol. The van der Waals surface area contributed by atoms with Gasteiger partial charge in [0.1, 0.15) is 12.4 Å². The average molecular weight is 533 g/mol. The summed E-state index contributed by atoms with van der Waals surface area (Å²) in [7, 11) is 0. The molecule has 0 unspecified atom stereocenters. The second-order valence-corrected chi connectivity index (χ2v) is 11.3. The molecule has 0 amide bonds. The monoisotopic (exact) mass is 532 g/mol. The molecule has 4 N–H and O–H groups in total. The summed E-state index contributed by atoms with van der Waals surface area (Å²) < 4.78 is 11.1. The zero-order valence-corrected chi connectivity index (χ0v) is 23.5. The van der Waals surface area contributed by atoms with E-state index in [1.54, 1.807) is 30.3 Å². The van der Waals surface area contributed by atoms with Crippen molar-refractivity contribution in [2.24, 2.45) is 11.8 Å². The number of carbonyl (C=O) groups excluding carboxylic acids is 2. The van der Waals surface area contributed by atoms with Crippen molar-refractivity contribution in [3.05, 3.63) is 72.3 Å². The molecule has 1 fully saturated rings. The summed E-state index contributed by atoms with van der Waals surface area (Å²) >= 11 is 0. The molecule has 6 nitrogen and oxygen atoms in total. The highest BCUT2D eigenvalue weighted by Gasteiger charge is 2.28. The Labute approximate surface area is 233 Å². The van der Waals surface area contributed by atoms with Crippen molar-refractivity contribution < 1.29 is 19.1 Å². The maximum Gasteiger partial charge on any atom is 0.330 e. The Morgan fingerprint density at radius 2 is 1.72 bits per heavy atom. The molecule has 0 bridgehead atoms. The van der Waals surface area contributed by atoms with Gasteiger partial charge in [0.05, 0.1) is 5.92 Å². The fraction of sp³-hybridized carbons (Fsp3) is 0.455. The molecule has 2 aromatic rings. The summed E-state index contributed by atoms with van der Waals surface area (Å²) in [4.78, 5) is 25.0. The summed E-state index contributed by atoms with van der Waals surface area (Å²) in [5.41, 5.74) is 14.3. The number of anilines is 2. The minimum Gasteiger partial charge on any atom is -0.462 e. The lowest BCUT2D eigenvalue weighted by Crippen LogP contribution is -2.27. The van der Waals surface area contributed by atoms with Gasteiger partial charge in [0.15, 0.2) is 0 Å². The van der Waals surface area contributed by atoms with E-state index in [9.17, 15) is 9.59 Å². The van der Waals surface area contributed by atoms with Crippen LogP contribution in [0.25, 0.3) is 6.08 Å². The smallest absolute Gasteiger partial charge is 0.330 e. The first-order chi connectivity index (χ1) is 18.7. The summed E-state index contributed by atoms with van der Waals surface area (Å²) in [5, 5.41) is 0. The number of hydrogen-bond donors (Lipinski definition) is 2. The lowest BCUT2D eigenvalue weighted by atomic mass is 9.80. The second-order valence-electron chi connectivity index (χ2n) is 11.3. The van der Waals surface area contributed by atoms with Gasteiger partial charge in [0, 0.05) is 22.9 Å². The first-order valence-electron chi connectivity index (χ1n) is 14.1. The number of rotatable bonds is 13. The maximum atomic E-state index is 12.7. The van der Waals surface area contributed by atoms with Crippen LogP contribution in [0, 0.1) is 11.8 Å². The molecule has 1 aliphatic rings. The van der Waals surface area contributed by atoms with E-state index in [2.05, 4.69) is 6.58 Å². The van der Waals surface area contributed by atoms with Crippen molar-refractivity contribution in [3.8, 4) is 5.75 Å². The number of carbonyl (C=O) groups is 2. The molecule has 6 heteroatoms. The van der Waals surface area contributed by atoms with E-state index < -0.39 is 11.4 Å². The highest BCUT2D eigenvalue weighted by atomic mass is 16.5. The van der Waals surface area contributed by atoms with Crippen molar-refractivity contribution in [3.63, 3.8) is 0 Å². The minimum absolute atomic E-state index is 0.0239. The molecular weight excluding hydrogens is 488 g/mol. The van der Waals surface area contributed by atoms with Crippen LogP contribution in [0.5, 0.6) is 5.75 Å². The van der Waals surface area contributed by atoms with Gasteiger partial charge < -0.3 is 20.9 Å². The van der Waals surface area contributed by atoms with Crippen LogP contribution >= 0.6 is 0 Å². The van der Waals surface area contributed by atoms with Gasteiger partial charge in [-0.05, 0) is 85.9 Å². The highest BCUT2D eigenvalue weighted by Crippen LogP contribution is 2.33. The number of benzene rings is 2. The Morgan fingerprint density at radius 3 is 2.38 bits per heavy atom. The largest absolute Gasteiger partial charge is 0.462 e. The summed E-state index contributed by atoms with van der Waals surface area (Å²) in [6, 6.07) is 12.5. The van der Waals surface area contributed by atoms with Crippen molar-refractivity contribution in [2.75, 3.05) is 18.1 Å². The van der Waals surface area contributed by atoms with E-state index >= 15 is 0 Å². The van der Waals surface area contributed by atoms with Crippen LogP contribution in [0.3, 0.4) is 0 Å². The van der Waals surface area contributed by atoms with Crippen LogP contribution < -0.4 is 16.2 Å². The summed E-state index contributed by atoms with van der Waals surface area (Å²) in [5.74, 6) is 0.643. The average Bonchev–Trinajstić information content (AvgIpc) is 2.91. The number of unbranched alkanes of at least 4 members (excludes halogenated alkanes) is 3. The Kier molecular flexibility index (Phi) is 11.2. The molecular formula is C33H44N2O4. The molecule has 0 aromatic heterocycles. The van der Waals surface area contributed by atoms with E-state index in [4.69, 9.17) is 20.9 Å². The van der Waals surface area contributed by atoms with Crippen LogP contribution in [0.2, 0.25) is 0 Å². The number of allylic oxidation sites excluding steroid dienone is 1. The highest BCUT2D eigenvalue weighted by molar-refractivity contribution is 5.87. The van der Waals surface area contributed by atoms with Gasteiger partial charge in [0.25, 0.3) is 0 Å². The topological polar surface area (TPSA) is 105 Å². The van der Waals surface area contributed by atoms with Crippen LogP contribution in [-0.2, 0) is 19.7 Å². The van der Waals surface area contributed by atoms with Crippen LogP contribution in [-0.4, -0.2) is 18.5 Å². The van der Waals surface area contributed by atoms with Gasteiger partial charge in [0.2, 0.25) is 0 Å². The molecule has 0 heterocycles. The molecule has 3 rings (SSSR count). The molecule has 0 spiro atoms. The quantitative estimate of drug-likeness (QED) is 0.0704. The van der Waals surface area contributed by atoms with E-state index in [1.165, 1.54) is 31.8 Å². The van der Waals surface area contributed by atoms with Crippen LogP contribution in [0.15, 0.2) is 61.2 Å². The van der Waals surface area contributed by atoms with Crippen molar-refractivity contribution in [1.29, 1.82) is 0 Å². The third kappa shape index (κ3) is 9.61. The van der Waals surface area contributed by atoms with Gasteiger partial charge >= 0.3 is 11.9 Å². The Balaban J connectivity index is 1.40. The van der Waals surface area contributed by atoms with Gasteiger partial charge in [-0.3, -0.25) is 4.79 Å². The third-order valence-corrected chi connectivity index (χ3v) is 7.59. The van der Waals surface area contributed by atoms with Crippen LogP contribution in [0.4, 0.5) is 11.4 Å². The third-order valence-electron chi connectivity index (χ3n) is 7.59. The van der Waals surface area contributed by atoms with Crippen molar-refractivity contribution in [2.45, 2.75) is 77.0 Å². The maximum absolute atomic E-state index is 12.7. The first kappa shape index (κ1) is 30.0. The van der Waals surface area contributed by atoms with Gasteiger partial charge in [-0.2, -0.15) is 0 Å². The SMILES string of the molecule is C=CCCCCCC1CCC(C(=O)Oc2ccc(C=CC(=O)OCC(C)(C)c3ccc(N)cc3N)cc2)CC1. The number of ether oxygens (including phenoxy) is 2. The first-order valence-corrected chi connectivity index (χ1v) is 14.1. The molecule has 0 aliphatic heterocycles. The van der Waals surface area contributed by atoms with E-state index in [-0.39, 0.29) is 18.5 Å². The van der Waals surface area contributed by atoms with Gasteiger partial charge in [-0.15, -0.1) is 6.58 Å². The Morgan fingerprint density at radius 1 is 1.00 bits per heavy atom. The van der Waals surface area contributed by atoms with Crippen molar-refractivity contribution in [1.82, 2.24) is 0 Å². The lowest BCUT2D eigenvalue weighted by Gasteiger charge is -2.27. The molecule has 2 aromatic carbocycles. The zero-order valence-electron chi connectivity index (χ0n) is 23.5. The lowest BCUT2D eigenvalue weighted by molar-refractivity contribution is -0.140. The van der Waals surface area contributed by atoms with E-state index in [0.717, 1.165) is 49.1 Å². The number of nitrogens with two attached hydrogens (primary N) is 2. The molecule has 1 aliphatic carbocycles. The van der Waals surface area contributed by atoms with E-state index in [1.807, 2.05) is 38.1 Å². The van der Waals surface area contributed by atoms with Gasteiger partial charge in [-0.1, -0.05) is 57.4 Å². The van der Waals surface area contributed by atoms with Gasteiger partial charge in [-0.25, -0.2) is 4.79 Å². The molecule has 39 heavy (non-hydrogen) atoms. The normalized spacial score (nSPS) is 17.6. The Hall–Kier alpha value is -3.54. The zero-order chi connectivity index (χ0) is 28.3. The Bertz CT molecular complexity index is 1130. The van der Waals surface area contributed by atoms with Crippen molar-refractivity contribution >= 4 is 29.4 Å². The number of hydrogen-bond acceptors (Lipinski definition) is 6. The summed E-state index contributed by atoms with van der Waals surface area (Å²) in [6.45, 7) is 7.88. The fourth-order valence-electron chi connectivity index (χ4n) is 5.17. The minimum atomic E-state index is -0.461.